The minimum Gasteiger partial charge on any atom is -0.387 e. The fourth-order valence-corrected chi connectivity index (χ4v) is 8.39. The van der Waals surface area contributed by atoms with Gasteiger partial charge in [-0.3, -0.25) is 9.69 Å². The second kappa shape index (κ2) is 10.5. The van der Waals surface area contributed by atoms with Crippen molar-refractivity contribution in [2.75, 3.05) is 19.6 Å². The van der Waals surface area contributed by atoms with Crippen LogP contribution in [0.15, 0.2) is 72.8 Å². The first-order chi connectivity index (χ1) is 19.6. The number of hydrogen-bond acceptors (Lipinski definition) is 3. The van der Waals surface area contributed by atoms with Gasteiger partial charge in [0.2, 0.25) is 0 Å². The van der Waals surface area contributed by atoms with E-state index in [1.54, 1.807) is 0 Å². The highest BCUT2D eigenvalue weighted by Gasteiger charge is 2.63. The maximum Gasteiger partial charge on any atom is 0.251 e. The molecule has 0 aromatic heterocycles. The van der Waals surface area contributed by atoms with Crippen molar-refractivity contribution in [1.29, 1.82) is 0 Å². The molecule has 1 heterocycles. The molecule has 0 unspecified atom stereocenters. The summed E-state index contributed by atoms with van der Waals surface area (Å²) < 4.78 is 0. The molecule has 4 heteroatoms. The first-order valence-corrected chi connectivity index (χ1v) is 15.6. The number of amides is 1. The lowest BCUT2D eigenvalue weighted by Crippen LogP contribution is -2.72. The molecular weight excluding hydrogens is 492 g/mol. The topological polar surface area (TPSA) is 52.6 Å². The summed E-state index contributed by atoms with van der Waals surface area (Å²) in [5.41, 5.74) is 6.10. The molecule has 0 spiro atoms. The molecule has 2 saturated carbocycles. The van der Waals surface area contributed by atoms with Gasteiger partial charge in [0, 0.05) is 30.1 Å². The van der Waals surface area contributed by atoms with Crippen LogP contribution in [0.5, 0.6) is 0 Å². The average molecular weight is 535 g/mol. The van der Waals surface area contributed by atoms with E-state index in [0.717, 1.165) is 69.5 Å². The van der Waals surface area contributed by atoms with E-state index in [4.69, 9.17) is 0 Å². The zero-order chi connectivity index (χ0) is 27.2. The van der Waals surface area contributed by atoms with Crippen LogP contribution in [-0.4, -0.2) is 47.2 Å². The summed E-state index contributed by atoms with van der Waals surface area (Å²) in [7, 11) is 0. The lowest BCUT2D eigenvalue weighted by molar-refractivity contribution is -0.169. The number of nitrogens with one attached hydrogen (secondary N) is 1. The molecule has 3 fully saturated rings. The number of benzene rings is 3. The van der Waals surface area contributed by atoms with Crippen LogP contribution in [0.1, 0.15) is 78.4 Å². The Bertz CT molecular complexity index is 1370. The normalized spacial score (nSPS) is 27.8. The first kappa shape index (κ1) is 26.0. The van der Waals surface area contributed by atoms with Crippen LogP contribution in [0.25, 0.3) is 11.1 Å². The second-order valence-electron chi connectivity index (χ2n) is 12.9. The van der Waals surface area contributed by atoms with Crippen LogP contribution in [0.4, 0.5) is 0 Å². The van der Waals surface area contributed by atoms with Crippen LogP contribution in [0.2, 0.25) is 0 Å². The Balaban J connectivity index is 1.06. The van der Waals surface area contributed by atoms with Crippen molar-refractivity contribution < 1.29 is 9.90 Å². The molecule has 1 saturated heterocycles. The summed E-state index contributed by atoms with van der Waals surface area (Å²) in [4.78, 5) is 15.9. The van der Waals surface area contributed by atoms with Crippen LogP contribution in [-0.2, 0) is 18.3 Å². The fraction of sp³-hybridized carbons (Fsp3) is 0.472. The van der Waals surface area contributed by atoms with Gasteiger partial charge in [-0.05, 0) is 97.4 Å². The van der Waals surface area contributed by atoms with E-state index < -0.39 is 5.60 Å². The SMILES string of the molecule is O=C(NCCc1ccc(-c2ccccc2)cc1)c1ccc2c(c1)[C@@]13CCCC[C@@]1(O)[C@@H](C2)N(CC1CCC1)CC3. The van der Waals surface area contributed by atoms with Gasteiger partial charge in [0.05, 0.1) is 5.60 Å². The molecule has 4 nitrogen and oxygen atoms in total. The molecule has 7 rings (SSSR count). The largest absolute Gasteiger partial charge is 0.387 e. The molecule has 3 atom stereocenters. The molecule has 2 bridgehead atoms. The van der Waals surface area contributed by atoms with Gasteiger partial charge in [0.15, 0.2) is 0 Å². The Hall–Kier alpha value is -2.95. The van der Waals surface area contributed by atoms with Gasteiger partial charge in [-0.25, -0.2) is 0 Å². The van der Waals surface area contributed by atoms with Crippen molar-refractivity contribution >= 4 is 5.91 Å². The Morgan fingerprint density at radius 3 is 2.45 bits per heavy atom. The molecule has 208 valence electrons. The molecule has 0 radical (unpaired) electrons. The molecule has 3 aromatic carbocycles. The summed E-state index contributed by atoms with van der Waals surface area (Å²) in [6.07, 6.45) is 11.0. The third-order valence-electron chi connectivity index (χ3n) is 10.8. The number of piperidine rings is 1. The summed E-state index contributed by atoms with van der Waals surface area (Å²) in [5, 5.41) is 15.6. The van der Waals surface area contributed by atoms with E-state index in [9.17, 15) is 9.90 Å². The number of likely N-dealkylation sites (tertiary alicyclic amines) is 1. The standard InChI is InChI=1S/C36H42N2O2/c39-34(37-21-17-26-11-13-29(14-12-26)28-9-2-1-3-10-28)31-16-15-30-24-33-36(40)19-5-4-18-35(36,32(30)23-31)20-22-38(33)25-27-7-6-8-27/h1-3,9-16,23,27,33,40H,4-8,17-22,24-25H2,(H,37,39)/t33-,35+,36-/m1/s1. The fourth-order valence-electron chi connectivity index (χ4n) is 8.39. The highest BCUT2D eigenvalue weighted by Crippen LogP contribution is 2.58. The van der Waals surface area contributed by atoms with Crippen molar-refractivity contribution in [3.05, 3.63) is 95.1 Å². The predicted octanol–water partition coefficient (Wildman–Crippen LogP) is 6.30. The van der Waals surface area contributed by atoms with Gasteiger partial charge in [-0.15, -0.1) is 0 Å². The lowest BCUT2D eigenvalue weighted by Gasteiger charge is -2.64. The predicted molar refractivity (Wildman–Crippen MR) is 160 cm³/mol. The van der Waals surface area contributed by atoms with Crippen molar-refractivity contribution in [2.45, 2.75) is 81.3 Å². The van der Waals surface area contributed by atoms with E-state index in [0.29, 0.717) is 6.54 Å². The molecule has 4 aliphatic rings. The lowest BCUT2D eigenvalue weighted by atomic mass is 9.49. The number of aliphatic hydroxyl groups is 1. The molecule has 1 amide bonds. The molecule has 1 aliphatic heterocycles. The van der Waals surface area contributed by atoms with Gasteiger partial charge >= 0.3 is 0 Å². The van der Waals surface area contributed by atoms with E-state index >= 15 is 0 Å². The summed E-state index contributed by atoms with van der Waals surface area (Å²) in [6, 6.07) is 25.6. The molecule has 3 aromatic rings. The first-order valence-electron chi connectivity index (χ1n) is 15.6. The van der Waals surface area contributed by atoms with Gasteiger partial charge in [0.25, 0.3) is 5.91 Å². The number of nitrogens with zero attached hydrogens (tertiary/aromatic N) is 1. The third kappa shape index (κ3) is 4.40. The number of carbonyl (C=O) groups is 1. The van der Waals surface area contributed by atoms with Gasteiger partial charge in [-0.1, -0.05) is 79.9 Å². The monoisotopic (exact) mass is 534 g/mol. The van der Waals surface area contributed by atoms with Crippen LogP contribution in [0, 0.1) is 5.92 Å². The second-order valence-corrected chi connectivity index (χ2v) is 12.9. The van der Waals surface area contributed by atoms with E-state index in [1.807, 2.05) is 12.1 Å². The Morgan fingerprint density at radius 1 is 0.900 bits per heavy atom. The van der Waals surface area contributed by atoms with E-state index in [1.165, 1.54) is 47.1 Å². The molecule has 40 heavy (non-hydrogen) atoms. The molecular formula is C36H42N2O2. The van der Waals surface area contributed by atoms with Gasteiger partial charge in [0.1, 0.15) is 0 Å². The zero-order valence-electron chi connectivity index (χ0n) is 23.6. The smallest absolute Gasteiger partial charge is 0.251 e. The zero-order valence-corrected chi connectivity index (χ0v) is 23.6. The van der Waals surface area contributed by atoms with Crippen LogP contribution < -0.4 is 5.32 Å². The quantitative estimate of drug-likeness (QED) is 0.374. The highest BCUT2D eigenvalue weighted by atomic mass is 16.3. The highest BCUT2D eigenvalue weighted by molar-refractivity contribution is 5.94. The van der Waals surface area contributed by atoms with Crippen molar-refractivity contribution in [3.8, 4) is 11.1 Å². The maximum absolute atomic E-state index is 13.3. The number of hydrogen-bond donors (Lipinski definition) is 2. The summed E-state index contributed by atoms with van der Waals surface area (Å²) in [5.74, 6) is 0.804. The Labute approximate surface area is 238 Å². The summed E-state index contributed by atoms with van der Waals surface area (Å²) in [6.45, 7) is 2.82. The number of rotatable bonds is 7. The van der Waals surface area contributed by atoms with Gasteiger partial charge in [-0.2, -0.15) is 0 Å². The minimum absolute atomic E-state index is 0.0102. The van der Waals surface area contributed by atoms with Crippen LogP contribution >= 0.6 is 0 Å². The van der Waals surface area contributed by atoms with Crippen molar-refractivity contribution in [3.63, 3.8) is 0 Å². The number of fused-ring (bicyclic) bond motifs is 1. The molecule has 3 aliphatic carbocycles. The van der Waals surface area contributed by atoms with Crippen molar-refractivity contribution in [1.82, 2.24) is 10.2 Å². The van der Waals surface area contributed by atoms with E-state index in [2.05, 4.69) is 70.9 Å². The van der Waals surface area contributed by atoms with Gasteiger partial charge < -0.3 is 10.4 Å². The van der Waals surface area contributed by atoms with E-state index in [-0.39, 0.29) is 17.4 Å². The van der Waals surface area contributed by atoms with Crippen molar-refractivity contribution in [2.24, 2.45) is 5.92 Å². The third-order valence-corrected chi connectivity index (χ3v) is 10.8. The average Bonchev–Trinajstić information content (AvgIpc) is 2.96. The number of carbonyl (C=O) groups excluding carboxylic acids is 1. The molecule has 2 N–H and O–H groups in total. The maximum atomic E-state index is 13.3. The Morgan fingerprint density at radius 2 is 1.68 bits per heavy atom. The Kier molecular flexibility index (Phi) is 6.80. The minimum atomic E-state index is -0.679. The summed E-state index contributed by atoms with van der Waals surface area (Å²) >= 11 is 0. The van der Waals surface area contributed by atoms with Crippen LogP contribution in [0.3, 0.4) is 0 Å².